The van der Waals surface area contributed by atoms with E-state index in [1.807, 2.05) is 6.92 Å². The fourth-order valence-electron chi connectivity index (χ4n) is 9.63. The Balaban J connectivity index is 1.47. The highest BCUT2D eigenvalue weighted by Gasteiger charge is 2.60. The molecule has 3 N–H and O–H groups in total. The van der Waals surface area contributed by atoms with Gasteiger partial charge < -0.3 is 15.3 Å². The van der Waals surface area contributed by atoms with E-state index in [1.54, 1.807) is 0 Å². The summed E-state index contributed by atoms with van der Waals surface area (Å²) in [5.74, 6) is 4.84. The SMILES string of the molecule is C[C@H](CCC(C)(O)CCO)[C@H]1CC[C@H]2[C@@H]3CCC4CC[C@@](C)(O)CC[C@]4(C)[C@H]3CC[C@]12C. The molecule has 4 aliphatic carbocycles. The number of rotatable bonds is 6. The molecule has 0 aromatic rings. The molecule has 3 nitrogen and oxygen atoms in total. The molecule has 0 radical (unpaired) electrons. The van der Waals surface area contributed by atoms with Crippen LogP contribution in [0.15, 0.2) is 0 Å². The lowest BCUT2D eigenvalue weighted by atomic mass is 9.46. The average molecular weight is 449 g/mol. The van der Waals surface area contributed by atoms with Crippen LogP contribution in [-0.4, -0.2) is 33.1 Å². The van der Waals surface area contributed by atoms with Gasteiger partial charge >= 0.3 is 0 Å². The Hall–Kier alpha value is -0.120. The Bertz CT molecular complexity index is 657. The van der Waals surface area contributed by atoms with Crippen molar-refractivity contribution in [3.8, 4) is 0 Å². The second-order valence-electron chi connectivity index (χ2n) is 13.9. The van der Waals surface area contributed by atoms with Gasteiger partial charge in [0.25, 0.3) is 0 Å². The molecule has 0 saturated heterocycles. The zero-order chi connectivity index (χ0) is 23.4. The Kier molecular flexibility index (Phi) is 6.89. The number of hydrogen-bond acceptors (Lipinski definition) is 3. The van der Waals surface area contributed by atoms with E-state index in [0.29, 0.717) is 23.2 Å². The first-order chi connectivity index (χ1) is 14.9. The van der Waals surface area contributed by atoms with Crippen LogP contribution in [-0.2, 0) is 0 Å². The molecule has 32 heavy (non-hydrogen) atoms. The predicted molar refractivity (Wildman–Crippen MR) is 131 cm³/mol. The van der Waals surface area contributed by atoms with Crippen molar-refractivity contribution < 1.29 is 15.3 Å². The zero-order valence-electron chi connectivity index (χ0n) is 21.7. The third-order valence-corrected chi connectivity index (χ3v) is 11.8. The van der Waals surface area contributed by atoms with E-state index in [0.717, 1.165) is 55.3 Å². The monoisotopic (exact) mass is 448 g/mol. The van der Waals surface area contributed by atoms with Gasteiger partial charge in [-0.3, -0.25) is 0 Å². The summed E-state index contributed by atoms with van der Waals surface area (Å²) in [6, 6.07) is 0. The Morgan fingerprint density at radius 2 is 1.56 bits per heavy atom. The molecule has 0 aromatic carbocycles. The maximum Gasteiger partial charge on any atom is 0.0641 e. The standard InChI is InChI=1S/C29H52O3/c1-20(10-13-27(3,32)18-19-30)23-8-9-24-22-7-6-21-11-14-26(2,31)16-17-28(21,4)25(22)12-15-29(23,24)5/h20-25,30-32H,6-19H2,1-5H3/t20-,21?,22+,23-,24+,25+,26-,27?,28+,29-/m1/s1. The molecule has 0 amide bonds. The Morgan fingerprint density at radius 3 is 2.28 bits per heavy atom. The van der Waals surface area contributed by atoms with Crippen LogP contribution in [0.1, 0.15) is 118 Å². The minimum Gasteiger partial charge on any atom is -0.396 e. The minimum absolute atomic E-state index is 0.0723. The van der Waals surface area contributed by atoms with Crippen molar-refractivity contribution in [1.82, 2.24) is 0 Å². The van der Waals surface area contributed by atoms with Gasteiger partial charge in [0.2, 0.25) is 0 Å². The third-order valence-electron chi connectivity index (χ3n) is 11.8. The fourth-order valence-corrected chi connectivity index (χ4v) is 9.63. The summed E-state index contributed by atoms with van der Waals surface area (Å²) >= 11 is 0. The van der Waals surface area contributed by atoms with Crippen molar-refractivity contribution >= 4 is 0 Å². The molecule has 0 aliphatic heterocycles. The summed E-state index contributed by atoms with van der Waals surface area (Å²) < 4.78 is 0. The largest absolute Gasteiger partial charge is 0.396 e. The van der Waals surface area contributed by atoms with E-state index >= 15 is 0 Å². The van der Waals surface area contributed by atoms with E-state index in [9.17, 15) is 15.3 Å². The molecule has 4 rings (SSSR count). The quantitative estimate of drug-likeness (QED) is 0.444. The van der Waals surface area contributed by atoms with Gasteiger partial charge in [0.05, 0.1) is 11.2 Å². The molecule has 3 heteroatoms. The smallest absolute Gasteiger partial charge is 0.0641 e. The summed E-state index contributed by atoms with van der Waals surface area (Å²) in [5, 5.41) is 30.6. The number of hydrogen-bond donors (Lipinski definition) is 3. The lowest BCUT2D eigenvalue weighted by Crippen LogP contribution is -2.52. The van der Waals surface area contributed by atoms with Crippen LogP contribution >= 0.6 is 0 Å². The number of aliphatic hydroxyl groups excluding tert-OH is 1. The van der Waals surface area contributed by atoms with E-state index in [-0.39, 0.29) is 6.61 Å². The molecule has 4 aliphatic rings. The molecule has 0 aromatic heterocycles. The highest BCUT2D eigenvalue weighted by atomic mass is 16.3. The lowest BCUT2D eigenvalue weighted by molar-refractivity contribution is -0.104. The summed E-state index contributed by atoms with van der Waals surface area (Å²) in [6.07, 6.45) is 15.1. The highest BCUT2D eigenvalue weighted by Crippen LogP contribution is 2.68. The maximum absolute atomic E-state index is 10.8. The molecular weight excluding hydrogens is 396 g/mol. The average Bonchev–Trinajstić information content (AvgIpc) is 3.01. The van der Waals surface area contributed by atoms with Gasteiger partial charge in [-0.2, -0.15) is 0 Å². The van der Waals surface area contributed by atoms with Crippen LogP contribution in [0.2, 0.25) is 0 Å². The molecule has 4 saturated carbocycles. The van der Waals surface area contributed by atoms with Crippen molar-refractivity contribution in [3.63, 3.8) is 0 Å². The second-order valence-corrected chi connectivity index (χ2v) is 13.9. The molecule has 4 fully saturated rings. The molecule has 0 spiro atoms. The van der Waals surface area contributed by atoms with Gasteiger partial charge in [-0.15, -0.1) is 0 Å². The summed E-state index contributed by atoms with van der Waals surface area (Å²) in [6.45, 7) is 11.7. The van der Waals surface area contributed by atoms with Crippen molar-refractivity contribution in [3.05, 3.63) is 0 Å². The second kappa shape index (κ2) is 8.83. The molecular formula is C29H52O3. The Labute approximate surface area is 197 Å². The van der Waals surface area contributed by atoms with Crippen LogP contribution < -0.4 is 0 Å². The van der Waals surface area contributed by atoms with E-state index in [4.69, 9.17) is 0 Å². The van der Waals surface area contributed by atoms with E-state index in [1.165, 1.54) is 51.4 Å². The van der Waals surface area contributed by atoms with Gasteiger partial charge in [-0.1, -0.05) is 20.8 Å². The topological polar surface area (TPSA) is 60.7 Å². The zero-order valence-corrected chi connectivity index (χ0v) is 21.7. The number of aliphatic hydroxyl groups is 3. The molecule has 2 unspecified atom stereocenters. The van der Waals surface area contributed by atoms with Gasteiger partial charge in [-0.05, 0) is 144 Å². The van der Waals surface area contributed by atoms with Crippen molar-refractivity contribution in [2.45, 2.75) is 129 Å². The first-order valence-electron chi connectivity index (χ1n) is 14.0. The first kappa shape index (κ1) is 25.0. The molecule has 10 atom stereocenters. The van der Waals surface area contributed by atoms with Gasteiger partial charge in [0.1, 0.15) is 0 Å². The molecule has 0 bridgehead atoms. The normalized spacial score (nSPS) is 49.3. The highest BCUT2D eigenvalue weighted by molar-refractivity contribution is 5.09. The van der Waals surface area contributed by atoms with Crippen LogP contribution in [0.5, 0.6) is 0 Å². The molecule has 0 heterocycles. The maximum atomic E-state index is 10.8. The summed E-state index contributed by atoms with van der Waals surface area (Å²) in [7, 11) is 0. The Morgan fingerprint density at radius 1 is 0.844 bits per heavy atom. The lowest BCUT2D eigenvalue weighted by Gasteiger charge is -2.59. The van der Waals surface area contributed by atoms with Gasteiger partial charge in [-0.25, -0.2) is 0 Å². The number of fused-ring (bicyclic) bond motifs is 5. The third kappa shape index (κ3) is 4.44. The first-order valence-corrected chi connectivity index (χ1v) is 14.0. The van der Waals surface area contributed by atoms with Gasteiger partial charge in [0, 0.05) is 6.61 Å². The predicted octanol–water partition coefficient (Wildman–Crippen LogP) is 6.34. The van der Waals surface area contributed by atoms with Crippen molar-refractivity contribution in [2.75, 3.05) is 6.61 Å². The van der Waals surface area contributed by atoms with Crippen molar-refractivity contribution in [1.29, 1.82) is 0 Å². The van der Waals surface area contributed by atoms with Crippen LogP contribution in [0.4, 0.5) is 0 Å². The summed E-state index contributed by atoms with van der Waals surface area (Å²) in [5.41, 5.74) is -0.294. The van der Waals surface area contributed by atoms with E-state index in [2.05, 4.69) is 27.7 Å². The molecule has 186 valence electrons. The van der Waals surface area contributed by atoms with Crippen LogP contribution in [0, 0.1) is 46.3 Å². The fraction of sp³-hybridized carbons (Fsp3) is 1.00. The van der Waals surface area contributed by atoms with Crippen LogP contribution in [0.3, 0.4) is 0 Å². The van der Waals surface area contributed by atoms with Crippen molar-refractivity contribution in [2.24, 2.45) is 46.3 Å². The van der Waals surface area contributed by atoms with Crippen LogP contribution in [0.25, 0.3) is 0 Å². The van der Waals surface area contributed by atoms with E-state index < -0.39 is 11.2 Å². The summed E-state index contributed by atoms with van der Waals surface area (Å²) in [4.78, 5) is 0. The van der Waals surface area contributed by atoms with Gasteiger partial charge in [0.15, 0.2) is 0 Å². The minimum atomic E-state index is -0.729.